The summed E-state index contributed by atoms with van der Waals surface area (Å²) >= 11 is 0. The van der Waals surface area contributed by atoms with Crippen LogP contribution in [-0.2, 0) is 23.0 Å². The van der Waals surface area contributed by atoms with Gasteiger partial charge in [-0.05, 0) is 55.0 Å². The van der Waals surface area contributed by atoms with Gasteiger partial charge >= 0.3 is 0 Å². The second kappa shape index (κ2) is 6.46. The molecule has 1 aliphatic rings. The SMILES string of the molecule is CCc1ccc(S(=O)(=O)N(C)CC2CC2C)cc1CNC. The Morgan fingerprint density at radius 3 is 2.52 bits per heavy atom. The smallest absolute Gasteiger partial charge is 0.242 e. The molecule has 4 nitrogen and oxygen atoms in total. The van der Waals surface area contributed by atoms with Crippen molar-refractivity contribution in [3.8, 4) is 0 Å². The maximum atomic E-state index is 12.7. The quantitative estimate of drug-likeness (QED) is 0.840. The van der Waals surface area contributed by atoms with Crippen LogP contribution in [0.2, 0.25) is 0 Å². The molecule has 0 aliphatic heterocycles. The van der Waals surface area contributed by atoms with E-state index in [4.69, 9.17) is 0 Å². The predicted molar refractivity (Wildman–Crippen MR) is 85.7 cm³/mol. The first-order chi connectivity index (χ1) is 9.90. The molecular weight excluding hydrogens is 284 g/mol. The molecule has 1 aromatic rings. The van der Waals surface area contributed by atoms with Crippen molar-refractivity contribution in [3.63, 3.8) is 0 Å². The molecule has 2 rings (SSSR count). The fourth-order valence-electron chi connectivity index (χ4n) is 2.72. The van der Waals surface area contributed by atoms with Gasteiger partial charge in [0.25, 0.3) is 0 Å². The normalized spacial score (nSPS) is 21.8. The third-order valence-corrected chi connectivity index (χ3v) is 6.22. The summed E-state index contributed by atoms with van der Waals surface area (Å²) in [5, 5.41) is 3.11. The Labute approximate surface area is 128 Å². The molecule has 0 radical (unpaired) electrons. The lowest BCUT2D eigenvalue weighted by molar-refractivity contribution is 0.444. The van der Waals surface area contributed by atoms with Crippen LogP contribution < -0.4 is 5.32 Å². The molecule has 1 aliphatic carbocycles. The summed E-state index contributed by atoms with van der Waals surface area (Å²) in [6.45, 7) is 5.58. The molecule has 1 fully saturated rings. The van der Waals surface area contributed by atoms with E-state index in [0.717, 1.165) is 18.4 Å². The Hall–Kier alpha value is -0.910. The zero-order valence-electron chi connectivity index (χ0n) is 13.4. The van der Waals surface area contributed by atoms with Crippen LogP contribution in [0, 0.1) is 11.8 Å². The maximum Gasteiger partial charge on any atom is 0.242 e. The van der Waals surface area contributed by atoms with Gasteiger partial charge in [0, 0.05) is 20.1 Å². The molecule has 21 heavy (non-hydrogen) atoms. The molecule has 0 amide bonds. The number of rotatable bonds is 7. The Kier molecular flexibility index (Phi) is 5.07. The Balaban J connectivity index is 2.24. The monoisotopic (exact) mass is 310 g/mol. The van der Waals surface area contributed by atoms with Crippen LogP contribution >= 0.6 is 0 Å². The van der Waals surface area contributed by atoms with Gasteiger partial charge in [-0.15, -0.1) is 0 Å². The second-order valence-electron chi connectivity index (χ2n) is 6.07. The van der Waals surface area contributed by atoms with Crippen LogP contribution in [0.1, 0.15) is 31.4 Å². The highest BCUT2D eigenvalue weighted by atomic mass is 32.2. The van der Waals surface area contributed by atoms with E-state index < -0.39 is 10.0 Å². The van der Waals surface area contributed by atoms with Crippen molar-refractivity contribution in [2.24, 2.45) is 11.8 Å². The molecule has 0 heterocycles. The highest BCUT2D eigenvalue weighted by molar-refractivity contribution is 7.89. The van der Waals surface area contributed by atoms with Crippen LogP contribution in [0.15, 0.2) is 23.1 Å². The van der Waals surface area contributed by atoms with E-state index in [1.54, 1.807) is 13.1 Å². The van der Waals surface area contributed by atoms with Gasteiger partial charge in [0.2, 0.25) is 10.0 Å². The van der Waals surface area contributed by atoms with E-state index in [9.17, 15) is 8.42 Å². The number of benzene rings is 1. The summed E-state index contributed by atoms with van der Waals surface area (Å²) in [5.41, 5.74) is 2.26. The molecule has 0 bridgehead atoms. The predicted octanol–water partition coefficient (Wildman–Crippen LogP) is 2.24. The van der Waals surface area contributed by atoms with Gasteiger partial charge in [0.1, 0.15) is 0 Å². The molecule has 1 N–H and O–H groups in total. The van der Waals surface area contributed by atoms with E-state index in [1.807, 2.05) is 19.2 Å². The molecule has 0 saturated heterocycles. The molecule has 2 atom stereocenters. The van der Waals surface area contributed by atoms with Crippen molar-refractivity contribution in [2.75, 3.05) is 20.6 Å². The third-order valence-electron chi connectivity index (χ3n) is 4.40. The Morgan fingerprint density at radius 1 is 1.33 bits per heavy atom. The van der Waals surface area contributed by atoms with Crippen molar-refractivity contribution < 1.29 is 8.42 Å². The van der Waals surface area contributed by atoms with E-state index in [2.05, 4.69) is 19.2 Å². The van der Waals surface area contributed by atoms with Crippen LogP contribution in [-0.4, -0.2) is 33.4 Å². The van der Waals surface area contributed by atoms with E-state index >= 15 is 0 Å². The summed E-state index contributed by atoms with van der Waals surface area (Å²) in [5.74, 6) is 1.18. The van der Waals surface area contributed by atoms with Crippen LogP contribution in [0.4, 0.5) is 0 Å². The first kappa shape index (κ1) is 16.5. The van der Waals surface area contributed by atoms with Crippen molar-refractivity contribution in [1.82, 2.24) is 9.62 Å². The summed E-state index contributed by atoms with van der Waals surface area (Å²) in [6.07, 6.45) is 2.05. The zero-order valence-corrected chi connectivity index (χ0v) is 14.2. The van der Waals surface area contributed by atoms with E-state index in [1.165, 1.54) is 9.87 Å². The van der Waals surface area contributed by atoms with Crippen molar-refractivity contribution in [1.29, 1.82) is 0 Å². The van der Waals surface area contributed by atoms with Gasteiger partial charge in [-0.1, -0.05) is 19.9 Å². The summed E-state index contributed by atoms with van der Waals surface area (Å²) in [7, 11) is 0.185. The first-order valence-corrected chi connectivity index (χ1v) is 9.06. The van der Waals surface area contributed by atoms with Crippen molar-refractivity contribution in [2.45, 2.75) is 38.1 Å². The minimum atomic E-state index is -3.38. The molecule has 0 spiro atoms. The Bertz CT molecular complexity index is 598. The molecule has 118 valence electrons. The van der Waals surface area contributed by atoms with Crippen LogP contribution in [0.3, 0.4) is 0 Å². The maximum absolute atomic E-state index is 12.7. The summed E-state index contributed by atoms with van der Waals surface area (Å²) in [4.78, 5) is 0.403. The standard InChI is InChI=1S/C16H26N2O2S/c1-5-13-6-7-16(9-14(13)10-17-3)21(19,20)18(4)11-15-8-12(15)2/h6-7,9,12,15,17H,5,8,10-11H2,1-4H3. The van der Waals surface area contributed by atoms with Gasteiger partial charge in [0.15, 0.2) is 0 Å². The molecule has 1 saturated carbocycles. The van der Waals surface area contributed by atoms with Gasteiger partial charge in [-0.25, -0.2) is 12.7 Å². The fraction of sp³-hybridized carbons (Fsp3) is 0.625. The summed E-state index contributed by atoms with van der Waals surface area (Å²) in [6, 6.07) is 5.49. The Morgan fingerprint density at radius 2 is 2.00 bits per heavy atom. The number of hydrogen-bond donors (Lipinski definition) is 1. The molecule has 2 unspecified atom stereocenters. The number of nitrogens with one attached hydrogen (secondary N) is 1. The largest absolute Gasteiger partial charge is 0.316 e. The average molecular weight is 310 g/mol. The van der Waals surface area contributed by atoms with Gasteiger partial charge in [0.05, 0.1) is 4.90 Å². The lowest BCUT2D eigenvalue weighted by Crippen LogP contribution is -2.29. The third kappa shape index (κ3) is 3.65. The molecule has 1 aromatic carbocycles. The number of hydrogen-bond acceptors (Lipinski definition) is 3. The molecule has 0 aromatic heterocycles. The lowest BCUT2D eigenvalue weighted by Gasteiger charge is -2.18. The van der Waals surface area contributed by atoms with E-state index in [0.29, 0.717) is 29.8 Å². The number of aryl methyl sites for hydroxylation is 1. The zero-order chi connectivity index (χ0) is 15.6. The highest BCUT2D eigenvalue weighted by Crippen LogP contribution is 2.38. The lowest BCUT2D eigenvalue weighted by atomic mass is 10.1. The highest BCUT2D eigenvalue weighted by Gasteiger charge is 2.36. The van der Waals surface area contributed by atoms with Crippen LogP contribution in [0.5, 0.6) is 0 Å². The topological polar surface area (TPSA) is 49.4 Å². The van der Waals surface area contributed by atoms with Gasteiger partial charge < -0.3 is 5.32 Å². The van der Waals surface area contributed by atoms with Gasteiger partial charge in [-0.2, -0.15) is 0 Å². The first-order valence-electron chi connectivity index (χ1n) is 7.62. The molecular formula is C16H26N2O2S. The summed E-state index contributed by atoms with van der Waals surface area (Å²) < 4.78 is 26.8. The second-order valence-corrected chi connectivity index (χ2v) is 8.12. The average Bonchev–Trinajstić information content (AvgIpc) is 3.14. The number of nitrogens with zero attached hydrogens (tertiary/aromatic N) is 1. The minimum Gasteiger partial charge on any atom is -0.316 e. The van der Waals surface area contributed by atoms with Crippen molar-refractivity contribution in [3.05, 3.63) is 29.3 Å². The number of sulfonamides is 1. The van der Waals surface area contributed by atoms with Gasteiger partial charge in [-0.3, -0.25) is 0 Å². The van der Waals surface area contributed by atoms with E-state index in [-0.39, 0.29) is 0 Å². The van der Waals surface area contributed by atoms with Crippen molar-refractivity contribution >= 4 is 10.0 Å². The molecule has 5 heteroatoms. The minimum absolute atomic E-state index is 0.403. The van der Waals surface area contributed by atoms with Crippen LogP contribution in [0.25, 0.3) is 0 Å². The fourth-order valence-corrected chi connectivity index (χ4v) is 4.00.